The summed E-state index contributed by atoms with van der Waals surface area (Å²) < 4.78 is 5.58. The Bertz CT molecular complexity index is 525. The highest BCUT2D eigenvalue weighted by Gasteiger charge is 2.17. The van der Waals surface area contributed by atoms with Crippen molar-refractivity contribution < 1.29 is 4.74 Å². The van der Waals surface area contributed by atoms with Crippen molar-refractivity contribution in [1.29, 1.82) is 0 Å². The largest absolute Gasteiger partial charge is 0.492 e. The quantitative estimate of drug-likeness (QED) is 0.809. The smallest absolute Gasteiger partial charge is 0.122 e. The molecule has 0 saturated heterocycles. The van der Waals surface area contributed by atoms with Crippen molar-refractivity contribution in [3.63, 3.8) is 0 Å². The molecule has 3 nitrogen and oxygen atoms in total. The van der Waals surface area contributed by atoms with Gasteiger partial charge in [0.2, 0.25) is 0 Å². The second-order valence-corrected chi connectivity index (χ2v) is 4.31. The molecule has 1 aromatic carbocycles. The van der Waals surface area contributed by atoms with Crippen LogP contribution >= 0.6 is 0 Å². The first-order chi connectivity index (χ1) is 8.33. The van der Waals surface area contributed by atoms with Crippen LogP contribution in [0.1, 0.15) is 5.56 Å². The Kier molecular flexibility index (Phi) is 2.53. The molecule has 1 aliphatic heterocycles. The second-order valence-electron chi connectivity index (χ2n) is 4.31. The van der Waals surface area contributed by atoms with E-state index in [0.717, 1.165) is 23.4 Å². The highest BCUT2D eigenvalue weighted by Crippen LogP contribution is 2.28. The lowest BCUT2D eigenvalue weighted by Crippen LogP contribution is -2.33. The first-order valence-electron chi connectivity index (χ1n) is 5.75. The van der Waals surface area contributed by atoms with E-state index in [9.17, 15) is 0 Å². The summed E-state index contributed by atoms with van der Waals surface area (Å²) in [6.07, 6.45) is 2.67. The fraction of sp³-hybridized carbons (Fsp3) is 0.214. The number of pyridine rings is 1. The zero-order chi connectivity index (χ0) is 11.7. The molecule has 0 saturated carbocycles. The van der Waals surface area contributed by atoms with Crippen LogP contribution in [0.5, 0.6) is 5.75 Å². The molecule has 0 amide bonds. The number of nitrogens with zero attached hydrogens (tertiary/aromatic N) is 1. The SMILES string of the molecule is N[C@H]1COc2ccc(-c3ccccn3)cc2C1. The molecule has 3 rings (SSSR count). The van der Waals surface area contributed by atoms with Gasteiger partial charge < -0.3 is 10.5 Å². The molecular formula is C14H14N2O. The maximum absolute atomic E-state index is 5.90. The molecule has 1 aromatic heterocycles. The highest BCUT2D eigenvalue weighted by atomic mass is 16.5. The Morgan fingerprint density at radius 3 is 3.00 bits per heavy atom. The maximum Gasteiger partial charge on any atom is 0.122 e. The first kappa shape index (κ1) is 10.3. The fourth-order valence-corrected chi connectivity index (χ4v) is 2.11. The Labute approximate surface area is 100 Å². The monoisotopic (exact) mass is 226 g/mol. The van der Waals surface area contributed by atoms with Gasteiger partial charge in [-0.05, 0) is 42.3 Å². The van der Waals surface area contributed by atoms with Gasteiger partial charge in [0.1, 0.15) is 12.4 Å². The lowest BCUT2D eigenvalue weighted by Gasteiger charge is -2.22. The maximum atomic E-state index is 5.90. The van der Waals surface area contributed by atoms with E-state index < -0.39 is 0 Å². The van der Waals surface area contributed by atoms with Crippen molar-refractivity contribution in [2.75, 3.05) is 6.61 Å². The summed E-state index contributed by atoms with van der Waals surface area (Å²) in [6.45, 7) is 0.607. The van der Waals surface area contributed by atoms with Gasteiger partial charge in [0.15, 0.2) is 0 Å². The summed E-state index contributed by atoms with van der Waals surface area (Å²) in [5.74, 6) is 0.950. The van der Waals surface area contributed by atoms with Gasteiger partial charge in [-0.3, -0.25) is 4.98 Å². The number of ether oxygens (including phenoxy) is 1. The number of hydrogen-bond acceptors (Lipinski definition) is 3. The number of rotatable bonds is 1. The van der Waals surface area contributed by atoms with Gasteiger partial charge in [0.25, 0.3) is 0 Å². The predicted octanol–water partition coefficient (Wildman–Crippen LogP) is 2.01. The van der Waals surface area contributed by atoms with Crippen molar-refractivity contribution in [1.82, 2.24) is 4.98 Å². The van der Waals surface area contributed by atoms with Crippen LogP contribution in [0.4, 0.5) is 0 Å². The minimum atomic E-state index is 0.0986. The van der Waals surface area contributed by atoms with Crippen molar-refractivity contribution in [2.24, 2.45) is 5.73 Å². The molecule has 0 bridgehead atoms. The summed E-state index contributed by atoms with van der Waals surface area (Å²) in [6, 6.07) is 12.2. The van der Waals surface area contributed by atoms with Gasteiger partial charge in [-0.1, -0.05) is 6.07 Å². The molecule has 3 heteroatoms. The first-order valence-corrected chi connectivity index (χ1v) is 5.75. The van der Waals surface area contributed by atoms with Crippen molar-refractivity contribution in [2.45, 2.75) is 12.5 Å². The average Bonchev–Trinajstić information content (AvgIpc) is 2.39. The third-order valence-corrected chi connectivity index (χ3v) is 2.96. The Hall–Kier alpha value is -1.87. The van der Waals surface area contributed by atoms with E-state index in [4.69, 9.17) is 10.5 Å². The van der Waals surface area contributed by atoms with E-state index in [0.29, 0.717) is 6.61 Å². The summed E-state index contributed by atoms with van der Waals surface area (Å²) in [5.41, 5.74) is 9.16. The molecule has 17 heavy (non-hydrogen) atoms. The van der Waals surface area contributed by atoms with Crippen LogP contribution < -0.4 is 10.5 Å². The van der Waals surface area contributed by atoms with Gasteiger partial charge in [-0.25, -0.2) is 0 Å². The molecule has 0 aliphatic carbocycles. The van der Waals surface area contributed by atoms with Crippen molar-refractivity contribution in [3.05, 3.63) is 48.2 Å². The van der Waals surface area contributed by atoms with E-state index in [2.05, 4.69) is 11.1 Å². The van der Waals surface area contributed by atoms with Crippen LogP contribution in [0.15, 0.2) is 42.6 Å². The molecule has 1 atom stereocenters. The summed E-state index contributed by atoms with van der Waals surface area (Å²) in [7, 11) is 0. The standard InChI is InChI=1S/C14H14N2O/c15-12-8-11-7-10(4-5-14(11)17-9-12)13-3-1-2-6-16-13/h1-7,12H,8-9,15H2/t12-/m1/s1. The van der Waals surface area contributed by atoms with E-state index in [-0.39, 0.29) is 6.04 Å². The molecular weight excluding hydrogens is 212 g/mol. The minimum Gasteiger partial charge on any atom is -0.492 e. The molecule has 0 fully saturated rings. The number of aromatic nitrogens is 1. The zero-order valence-electron chi connectivity index (χ0n) is 9.47. The van der Waals surface area contributed by atoms with Crippen LogP contribution in [-0.2, 0) is 6.42 Å². The van der Waals surface area contributed by atoms with Gasteiger partial charge in [0.05, 0.1) is 5.69 Å². The van der Waals surface area contributed by atoms with E-state index in [1.165, 1.54) is 5.56 Å². The van der Waals surface area contributed by atoms with Gasteiger partial charge >= 0.3 is 0 Å². The molecule has 0 unspecified atom stereocenters. The fourth-order valence-electron chi connectivity index (χ4n) is 2.11. The number of hydrogen-bond donors (Lipinski definition) is 1. The van der Waals surface area contributed by atoms with E-state index in [1.807, 2.05) is 30.3 Å². The van der Waals surface area contributed by atoms with Crippen LogP contribution in [-0.4, -0.2) is 17.6 Å². The molecule has 2 heterocycles. The predicted molar refractivity (Wildman–Crippen MR) is 66.8 cm³/mol. The third-order valence-electron chi connectivity index (χ3n) is 2.96. The van der Waals surface area contributed by atoms with Crippen LogP contribution in [0.3, 0.4) is 0 Å². The number of benzene rings is 1. The van der Waals surface area contributed by atoms with E-state index in [1.54, 1.807) is 6.20 Å². The summed E-state index contributed by atoms with van der Waals surface area (Å²) in [5, 5.41) is 0. The molecule has 0 spiro atoms. The van der Waals surface area contributed by atoms with Crippen LogP contribution in [0.25, 0.3) is 11.3 Å². The van der Waals surface area contributed by atoms with Crippen LogP contribution in [0.2, 0.25) is 0 Å². The summed E-state index contributed by atoms with van der Waals surface area (Å²) >= 11 is 0. The minimum absolute atomic E-state index is 0.0986. The Morgan fingerprint density at radius 2 is 2.18 bits per heavy atom. The number of nitrogens with two attached hydrogens (primary N) is 1. The molecule has 2 aromatic rings. The Morgan fingerprint density at radius 1 is 1.24 bits per heavy atom. The van der Waals surface area contributed by atoms with Gasteiger partial charge in [-0.15, -0.1) is 0 Å². The second kappa shape index (κ2) is 4.18. The topological polar surface area (TPSA) is 48.1 Å². The van der Waals surface area contributed by atoms with Gasteiger partial charge in [0, 0.05) is 17.8 Å². The lowest BCUT2D eigenvalue weighted by molar-refractivity contribution is 0.263. The average molecular weight is 226 g/mol. The molecule has 0 radical (unpaired) electrons. The van der Waals surface area contributed by atoms with E-state index >= 15 is 0 Å². The van der Waals surface area contributed by atoms with Crippen LogP contribution in [0, 0.1) is 0 Å². The highest BCUT2D eigenvalue weighted by molar-refractivity contribution is 5.62. The Balaban J connectivity index is 2.01. The zero-order valence-corrected chi connectivity index (χ0v) is 9.47. The third kappa shape index (κ3) is 2.01. The molecule has 2 N–H and O–H groups in total. The normalized spacial score (nSPS) is 18.3. The molecule has 1 aliphatic rings. The molecule has 86 valence electrons. The van der Waals surface area contributed by atoms with Crippen molar-refractivity contribution >= 4 is 0 Å². The van der Waals surface area contributed by atoms with Crippen molar-refractivity contribution in [3.8, 4) is 17.0 Å². The number of fused-ring (bicyclic) bond motifs is 1. The summed E-state index contributed by atoms with van der Waals surface area (Å²) in [4.78, 5) is 4.34. The lowest BCUT2D eigenvalue weighted by atomic mass is 9.99. The van der Waals surface area contributed by atoms with Gasteiger partial charge in [-0.2, -0.15) is 0 Å².